The lowest BCUT2D eigenvalue weighted by Gasteiger charge is -2.23. The van der Waals surface area contributed by atoms with Crippen LogP contribution in [0.4, 0.5) is 4.39 Å². The molecule has 1 aliphatic heterocycles. The van der Waals surface area contributed by atoms with Gasteiger partial charge in [-0.15, -0.1) is 0 Å². The summed E-state index contributed by atoms with van der Waals surface area (Å²) in [7, 11) is 0. The fourth-order valence-corrected chi connectivity index (χ4v) is 2.62. The minimum atomic E-state index is -0.837. The molecule has 4 heteroatoms. The number of halogens is 1. The summed E-state index contributed by atoms with van der Waals surface area (Å²) in [4.78, 5) is 2.09. The quantitative estimate of drug-likeness (QED) is 0.942. The Balaban J connectivity index is 1.72. The molecule has 0 aromatic heterocycles. The van der Waals surface area contributed by atoms with Crippen LogP contribution < -0.4 is 4.74 Å². The van der Waals surface area contributed by atoms with Crippen LogP contribution in [0.3, 0.4) is 0 Å². The van der Waals surface area contributed by atoms with Crippen LogP contribution in [0.2, 0.25) is 0 Å². The fourth-order valence-electron chi connectivity index (χ4n) is 2.62. The van der Waals surface area contributed by atoms with Crippen molar-refractivity contribution in [1.29, 1.82) is 0 Å². The van der Waals surface area contributed by atoms with Gasteiger partial charge in [-0.2, -0.15) is 0 Å². The molecule has 21 heavy (non-hydrogen) atoms. The predicted octanol–water partition coefficient (Wildman–Crippen LogP) is 2.75. The minimum absolute atomic E-state index is 0.343. The van der Waals surface area contributed by atoms with E-state index >= 15 is 0 Å². The van der Waals surface area contributed by atoms with Gasteiger partial charge in [0.25, 0.3) is 0 Å². The Morgan fingerprint density at radius 3 is 2.76 bits per heavy atom. The molecule has 2 aromatic rings. The van der Waals surface area contributed by atoms with Crippen LogP contribution in [-0.2, 0) is 6.54 Å². The van der Waals surface area contributed by atoms with Gasteiger partial charge >= 0.3 is 0 Å². The first kappa shape index (κ1) is 14.0. The predicted molar refractivity (Wildman–Crippen MR) is 78.6 cm³/mol. The number of β-amino-alcohol motifs (C(OH)–C–C–N with tert-alkyl or cyclic N) is 1. The van der Waals surface area contributed by atoms with E-state index in [0.717, 1.165) is 11.3 Å². The number of hydrogen-bond donors (Lipinski definition) is 1. The van der Waals surface area contributed by atoms with Gasteiger partial charge in [-0.1, -0.05) is 36.4 Å². The van der Waals surface area contributed by atoms with Crippen molar-refractivity contribution in [2.24, 2.45) is 0 Å². The monoisotopic (exact) mass is 287 g/mol. The summed E-state index contributed by atoms with van der Waals surface area (Å²) in [5.41, 5.74) is 1.44. The zero-order chi connectivity index (χ0) is 14.7. The first-order valence-electron chi connectivity index (χ1n) is 7.09. The third-order valence-corrected chi connectivity index (χ3v) is 3.73. The van der Waals surface area contributed by atoms with Gasteiger partial charge in [-0.3, -0.25) is 4.90 Å². The molecule has 0 fully saturated rings. The lowest BCUT2D eigenvalue weighted by Crippen LogP contribution is -2.30. The molecule has 110 valence electrons. The van der Waals surface area contributed by atoms with E-state index in [0.29, 0.717) is 31.8 Å². The molecular formula is C17H18FNO2. The minimum Gasteiger partial charge on any atom is -0.492 e. The van der Waals surface area contributed by atoms with Crippen LogP contribution in [0.25, 0.3) is 0 Å². The highest BCUT2D eigenvalue weighted by molar-refractivity contribution is 5.33. The maximum atomic E-state index is 13.7. The Morgan fingerprint density at radius 1 is 1.14 bits per heavy atom. The lowest BCUT2D eigenvalue weighted by atomic mass is 10.1. The summed E-state index contributed by atoms with van der Waals surface area (Å²) >= 11 is 0. The first-order valence-corrected chi connectivity index (χ1v) is 7.09. The topological polar surface area (TPSA) is 32.7 Å². The molecular weight excluding hydrogens is 269 g/mol. The summed E-state index contributed by atoms with van der Waals surface area (Å²) in [6.45, 7) is 2.36. The second-order valence-electron chi connectivity index (χ2n) is 5.23. The van der Waals surface area contributed by atoms with Crippen LogP contribution in [0, 0.1) is 5.82 Å². The van der Waals surface area contributed by atoms with Crippen LogP contribution in [0.5, 0.6) is 5.75 Å². The average molecular weight is 287 g/mol. The number of aliphatic hydroxyl groups excluding tert-OH is 1. The van der Waals surface area contributed by atoms with Crippen molar-refractivity contribution in [2.75, 3.05) is 19.7 Å². The Kier molecular flexibility index (Phi) is 4.18. The van der Waals surface area contributed by atoms with Gasteiger partial charge in [0, 0.05) is 30.8 Å². The first-order chi connectivity index (χ1) is 10.2. The van der Waals surface area contributed by atoms with Crippen molar-refractivity contribution in [3.05, 3.63) is 65.5 Å². The number of ether oxygens (including phenoxy) is 1. The van der Waals surface area contributed by atoms with Crippen molar-refractivity contribution in [3.63, 3.8) is 0 Å². The number of benzene rings is 2. The van der Waals surface area contributed by atoms with E-state index < -0.39 is 6.10 Å². The van der Waals surface area contributed by atoms with E-state index in [-0.39, 0.29) is 5.82 Å². The molecule has 3 nitrogen and oxygen atoms in total. The molecule has 2 aromatic carbocycles. The fraction of sp³-hybridized carbons (Fsp3) is 0.294. The van der Waals surface area contributed by atoms with E-state index in [9.17, 15) is 9.50 Å². The van der Waals surface area contributed by atoms with Crippen molar-refractivity contribution in [2.45, 2.75) is 12.6 Å². The Labute approximate surface area is 123 Å². The smallest absolute Gasteiger partial charge is 0.129 e. The third kappa shape index (κ3) is 3.23. The van der Waals surface area contributed by atoms with Crippen molar-refractivity contribution in [1.82, 2.24) is 4.90 Å². The number of fused-ring (bicyclic) bond motifs is 1. The Hall–Kier alpha value is -1.91. The second kappa shape index (κ2) is 6.24. The summed E-state index contributed by atoms with van der Waals surface area (Å²) < 4.78 is 19.4. The Bertz CT molecular complexity index is 617. The largest absolute Gasteiger partial charge is 0.492 e. The summed E-state index contributed by atoms with van der Waals surface area (Å²) in [6.07, 6.45) is -0.837. The van der Waals surface area contributed by atoms with Crippen molar-refractivity contribution in [3.8, 4) is 5.75 Å². The molecule has 0 radical (unpaired) electrons. The molecule has 3 rings (SSSR count). The molecule has 0 spiro atoms. The number of rotatable bonds is 3. The third-order valence-electron chi connectivity index (χ3n) is 3.73. The lowest BCUT2D eigenvalue weighted by molar-refractivity contribution is 0.102. The molecule has 0 aliphatic carbocycles. The van der Waals surface area contributed by atoms with E-state index in [1.54, 1.807) is 18.2 Å². The van der Waals surface area contributed by atoms with Gasteiger partial charge in [-0.25, -0.2) is 4.39 Å². The van der Waals surface area contributed by atoms with Crippen LogP contribution in [-0.4, -0.2) is 29.7 Å². The van der Waals surface area contributed by atoms with Gasteiger partial charge in [0.05, 0.1) is 6.10 Å². The second-order valence-corrected chi connectivity index (χ2v) is 5.23. The highest BCUT2D eigenvalue weighted by atomic mass is 19.1. The van der Waals surface area contributed by atoms with Crippen molar-refractivity contribution >= 4 is 0 Å². The van der Waals surface area contributed by atoms with Gasteiger partial charge in [0.2, 0.25) is 0 Å². The van der Waals surface area contributed by atoms with Gasteiger partial charge in [0.1, 0.15) is 18.2 Å². The molecule has 0 unspecified atom stereocenters. The zero-order valence-electron chi connectivity index (χ0n) is 11.7. The van der Waals surface area contributed by atoms with Gasteiger partial charge in [0.15, 0.2) is 0 Å². The standard InChI is InChI=1S/C17H18FNO2/c18-15-7-3-2-6-14(15)16(20)12-19-9-10-21-17-8-4-1-5-13(17)11-19/h1-8,16,20H,9-12H2/t16-/m0/s1. The number of para-hydroxylation sites is 1. The Morgan fingerprint density at radius 2 is 1.90 bits per heavy atom. The molecule has 1 N–H and O–H groups in total. The van der Waals surface area contributed by atoms with Crippen molar-refractivity contribution < 1.29 is 14.2 Å². The normalized spacial score (nSPS) is 16.7. The average Bonchev–Trinajstić information content (AvgIpc) is 2.69. The van der Waals surface area contributed by atoms with Crippen LogP contribution >= 0.6 is 0 Å². The number of nitrogens with zero attached hydrogens (tertiary/aromatic N) is 1. The van der Waals surface area contributed by atoms with E-state index in [4.69, 9.17) is 4.74 Å². The van der Waals surface area contributed by atoms with Gasteiger partial charge in [-0.05, 0) is 12.1 Å². The highest BCUT2D eigenvalue weighted by Gasteiger charge is 2.20. The van der Waals surface area contributed by atoms with E-state index in [2.05, 4.69) is 4.90 Å². The summed E-state index contributed by atoms with van der Waals surface area (Å²) in [5, 5.41) is 10.3. The van der Waals surface area contributed by atoms with Crippen LogP contribution in [0.1, 0.15) is 17.2 Å². The molecule has 1 atom stereocenters. The molecule has 0 saturated heterocycles. The maximum Gasteiger partial charge on any atom is 0.129 e. The SMILES string of the molecule is O[C@@H](CN1CCOc2ccccc2C1)c1ccccc1F. The summed E-state index contributed by atoms with van der Waals surface area (Å²) in [5.74, 6) is 0.525. The maximum absolute atomic E-state index is 13.7. The number of aliphatic hydroxyl groups is 1. The zero-order valence-corrected chi connectivity index (χ0v) is 11.7. The molecule has 1 aliphatic rings. The molecule has 0 bridgehead atoms. The highest BCUT2D eigenvalue weighted by Crippen LogP contribution is 2.24. The van der Waals surface area contributed by atoms with Gasteiger partial charge < -0.3 is 9.84 Å². The summed E-state index contributed by atoms with van der Waals surface area (Å²) in [6, 6.07) is 14.3. The van der Waals surface area contributed by atoms with E-state index in [1.165, 1.54) is 6.07 Å². The molecule has 0 saturated carbocycles. The molecule has 1 heterocycles. The van der Waals surface area contributed by atoms with Crippen LogP contribution in [0.15, 0.2) is 48.5 Å². The molecule has 0 amide bonds. The van der Waals surface area contributed by atoms with E-state index in [1.807, 2.05) is 24.3 Å². The number of hydrogen-bond acceptors (Lipinski definition) is 3.